The summed E-state index contributed by atoms with van der Waals surface area (Å²) in [5.41, 5.74) is 0.388. The van der Waals surface area contributed by atoms with Crippen molar-refractivity contribution < 1.29 is 19.2 Å². The molecule has 1 aromatic rings. The van der Waals surface area contributed by atoms with Gasteiger partial charge in [0.1, 0.15) is 5.66 Å². The van der Waals surface area contributed by atoms with Crippen molar-refractivity contribution in [3.05, 3.63) is 29.8 Å². The van der Waals surface area contributed by atoms with E-state index in [9.17, 15) is 19.2 Å². The van der Waals surface area contributed by atoms with E-state index in [4.69, 9.17) is 0 Å². The molecular formula is C24H32N4O4. The molecule has 2 aliphatic heterocycles. The van der Waals surface area contributed by atoms with E-state index in [1.165, 1.54) is 6.42 Å². The van der Waals surface area contributed by atoms with Crippen LogP contribution in [0, 0.1) is 5.92 Å². The average Bonchev–Trinajstić information content (AvgIpc) is 3.12. The molecule has 172 valence electrons. The number of nitrogens with one attached hydrogen (secondary N) is 2. The van der Waals surface area contributed by atoms with Gasteiger partial charge in [-0.3, -0.25) is 24.1 Å². The zero-order valence-electron chi connectivity index (χ0n) is 18.7. The first kappa shape index (κ1) is 22.3. The SMILES string of the molecule is CC12CCC(=O)N1c1ccccc1C(=O)N2CCC(=O)NCCNC(=O)C1CCCCC1. The van der Waals surface area contributed by atoms with E-state index in [1.807, 2.05) is 13.0 Å². The van der Waals surface area contributed by atoms with Crippen molar-refractivity contribution in [1.82, 2.24) is 15.5 Å². The van der Waals surface area contributed by atoms with Gasteiger partial charge in [-0.15, -0.1) is 0 Å². The van der Waals surface area contributed by atoms with Crippen molar-refractivity contribution in [3.63, 3.8) is 0 Å². The van der Waals surface area contributed by atoms with Crippen molar-refractivity contribution in [3.8, 4) is 0 Å². The van der Waals surface area contributed by atoms with Gasteiger partial charge in [0, 0.05) is 38.4 Å². The molecule has 32 heavy (non-hydrogen) atoms. The summed E-state index contributed by atoms with van der Waals surface area (Å²) in [4.78, 5) is 53.7. The number of fused-ring (bicyclic) bond motifs is 3. The topological polar surface area (TPSA) is 98.8 Å². The van der Waals surface area contributed by atoms with Crippen LogP contribution in [0.5, 0.6) is 0 Å². The number of para-hydroxylation sites is 1. The summed E-state index contributed by atoms with van der Waals surface area (Å²) in [5, 5.41) is 5.73. The molecule has 1 saturated carbocycles. The maximum atomic E-state index is 13.2. The molecule has 0 bridgehead atoms. The molecule has 0 radical (unpaired) electrons. The van der Waals surface area contributed by atoms with E-state index in [0.29, 0.717) is 37.2 Å². The highest BCUT2D eigenvalue weighted by Gasteiger charge is 2.52. The summed E-state index contributed by atoms with van der Waals surface area (Å²) >= 11 is 0. The molecule has 3 aliphatic rings. The Balaban J connectivity index is 1.29. The van der Waals surface area contributed by atoms with Crippen LogP contribution < -0.4 is 15.5 Å². The monoisotopic (exact) mass is 440 g/mol. The second-order valence-corrected chi connectivity index (χ2v) is 9.15. The third-order valence-corrected chi connectivity index (χ3v) is 7.03. The Bertz CT molecular complexity index is 911. The first-order valence-corrected chi connectivity index (χ1v) is 11.7. The second-order valence-electron chi connectivity index (χ2n) is 9.15. The third kappa shape index (κ3) is 4.23. The fraction of sp³-hybridized carbons (Fsp3) is 0.583. The molecule has 1 unspecified atom stereocenters. The predicted octanol–water partition coefficient (Wildman–Crippen LogP) is 2.19. The van der Waals surface area contributed by atoms with Crippen LogP contribution in [0.1, 0.15) is 68.6 Å². The Labute approximate surface area is 188 Å². The van der Waals surface area contributed by atoms with Crippen LogP contribution in [0.25, 0.3) is 0 Å². The summed E-state index contributed by atoms with van der Waals surface area (Å²) < 4.78 is 0. The van der Waals surface area contributed by atoms with Crippen molar-refractivity contribution in [2.75, 3.05) is 24.5 Å². The molecule has 8 heteroatoms. The van der Waals surface area contributed by atoms with Gasteiger partial charge in [-0.25, -0.2) is 0 Å². The summed E-state index contributed by atoms with van der Waals surface area (Å²) in [6.07, 6.45) is 6.38. The molecule has 0 aromatic heterocycles. The smallest absolute Gasteiger partial charge is 0.257 e. The van der Waals surface area contributed by atoms with Crippen LogP contribution >= 0.6 is 0 Å². The lowest BCUT2D eigenvalue weighted by Gasteiger charge is -2.48. The van der Waals surface area contributed by atoms with Gasteiger partial charge in [-0.2, -0.15) is 0 Å². The van der Waals surface area contributed by atoms with Crippen LogP contribution in [0.3, 0.4) is 0 Å². The van der Waals surface area contributed by atoms with Gasteiger partial charge in [0.2, 0.25) is 17.7 Å². The predicted molar refractivity (Wildman–Crippen MR) is 120 cm³/mol. The lowest BCUT2D eigenvalue weighted by Crippen LogP contribution is -2.62. The fourth-order valence-electron chi connectivity index (χ4n) is 5.24. The number of anilines is 1. The van der Waals surface area contributed by atoms with Crippen LogP contribution in [-0.2, 0) is 14.4 Å². The van der Waals surface area contributed by atoms with Gasteiger partial charge in [-0.05, 0) is 38.3 Å². The second kappa shape index (κ2) is 9.30. The minimum atomic E-state index is -0.753. The number of hydrogen-bond acceptors (Lipinski definition) is 4. The number of carbonyl (C=O) groups is 4. The minimum absolute atomic E-state index is 0.00407. The molecule has 0 spiro atoms. The largest absolute Gasteiger partial charge is 0.354 e. The highest BCUT2D eigenvalue weighted by Crippen LogP contribution is 2.43. The summed E-state index contributed by atoms with van der Waals surface area (Å²) in [5.74, 6) is -0.152. The van der Waals surface area contributed by atoms with Crippen LogP contribution in [0.2, 0.25) is 0 Å². The van der Waals surface area contributed by atoms with E-state index in [1.54, 1.807) is 28.0 Å². The van der Waals surface area contributed by atoms with E-state index in [-0.39, 0.29) is 42.5 Å². The van der Waals surface area contributed by atoms with Gasteiger partial charge < -0.3 is 15.5 Å². The lowest BCUT2D eigenvalue weighted by molar-refractivity contribution is -0.126. The van der Waals surface area contributed by atoms with Gasteiger partial charge in [0.05, 0.1) is 11.3 Å². The molecule has 8 nitrogen and oxygen atoms in total. The van der Waals surface area contributed by atoms with Gasteiger partial charge in [0.15, 0.2) is 0 Å². The Kier molecular flexibility index (Phi) is 6.48. The minimum Gasteiger partial charge on any atom is -0.354 e. The van der Waals surface area contributed by atoms with Crippen molar-refractivity contribution in [2.24, 2.45) is 5.92 Å². The molecule has 2 fully saturated rings. The zero-order chi connectivity index (χ0) is 22.7. The van der Waals surface area contributed by atoms with Crippen molar-refractivity contribution in [2.45, 2.75) is 64.0 Å². The van der Waals surface area contributed by atoms with Gasteiger partial charge >= 0.3 is 0 Å². The molecule has 1 saturated heterocycles. The average molecular weight is 441 g/mol. The Hall–Kier alpha value is -2.90. The lowest BCUT2D eigenvalue weighted by atomic mass is 9.89. The Morgan fingerprint density at radius 1 is 1.06 bits per heavy atom. The fourth-order valence-corrected chi connectivity index (χ4v) is 5.24. The maximum Gasteiger partial charge on any atom is 0.257 e. The van der Waals surface area contributed by atoms with Crippen molar-refractivity contribution in [1.29, 1.82) is 0 Å². The molecule has 1 aliphatic carbocycles. The van der Waals surface area contributed by atoms with Crippen LogP contribution in [0.4, 0.5) is 5.69 Å². The van der Waals surface area contributed by atoms with E-state index >= 15 is 0 Å². The van der Waals surface area contributed by atoms with Crippen molar-refractivity contribution >= 4 is 29.3 Å². The Morgan fingerprint density at radius 2 is 1.78 bits per heavy atom. The molecule has 4 amide bonds. The number of hydrogen-bond donors (Lipinski definition) is 2. The number of nitrogens with zero attached hydrogens (tertiary/aromatic N) is 2. The summed E-state index contributed by atoms with van der Waals surface area (Å²) in [6.45, 7) is 2.88. The zero-order valence-corrected chi connectivity index (χ0v) is 18.7. The maximum absolute atomic E-state index is 13.2. The summed E-state index contributed by atoms with van der Waals surface area (Å²) in [6, 6.07) is 7.14. The molecule has 2 N–H and O–H groups in total. The molecule has 2 heterocycles. The Morgan fingerprint density at radius 3 is 2.56 bits per heavy atom. The van der Waals surface area contributed by atoms with Crippen LogP contribution in [0.15, 0.2) is 24.3 Å². The normalized spacial score (nSPS) is 23.0. The number of rotatable bonds is 7. The van der Waals surface area contributed by atoms with E-state index < -0.39 is 5.66 Å². The van der Waals surface area contributed by atoms with Gasteiger partial charge in [0.25, 0.3) is 5.91 Å². The molecule has 4 rings (SSSR count). The first-order valence-electron chi connectivity index (χ1n) is 11.7. The van der Waals surface area contributed by atoms with E-state index in [0.717, 1.165) is 25.7 Å². The number of amides is 4. The molecule has 1 atom stereocenters. The third-order valence-electron chi connectivity index (χ3n) is 7.03. The molecule has 1 aromatic carbocycles. The number of benzene rings is 1. The molecular weight excluding hydrogens is 408 g/mol. The highest BCUT2D eigenvalue weighted by molar-refractivity contribution is 6.10. The quantitative estimate of drug-likeness (QED) is 0.635. The van der Waals surface area contributed by atoms with Crippen LogP contribution in [-0.4, -0.2) is 53.8 Å². The van der Waals surface area contributed by atoms with Gasteiger partial charge in [-0.1, -0.05) is 31.4 Å². The number of carbonyl (C=O) groups excluding carboxylic acids is 4. The highest BCUT2D eigenvalue weighted by atomic mass is 16.2. The van der Waals surface area contributed by atoms with E-state index in [2.05, 4.69) is 10.6 Å². The first-order chi connectivity index (χ1) is 15.4. The standard InChI is InChI=1S/C24H32N4O4/c1-24-13-11-21(30)28(24)19-10-6-5-9-18(19)23(32)27(24)16-12-20(29)25-14-15-26-22(31)17-7-3-2-4-8-17/h5-6,9-10,17H,2-4,7-8,11-16H2,1H3,(H,25,29)(H,26,31). The summed E-state index contributed by atoms with van der Waals surface area (Å²) in [7, 11) is 0.